The van der Waals surface area contributed by atoms with Gasteiger partial charge in [-0.15, -0.1) is 5.10 Å². The van der Waals surface area contributed by atoms with Crippen LogP contribution in [-0.4, -0.2) is 107 Å². The van der Waals surface area contributed by atoms with Crippen molar-refractivity contribution in [2.45, 2.75) is 76.3 Å². The van der Waals surface area contributed by atoms with Crippen LogP contribution in [0.25, 0.3) is 0 Å². The standard InChI is InChI=1S/C24H42N4O9/c1-3-8-19-22(31)20(25-21(30)16-29)17-37-24(19,23(32)33)36-11-7-5-4-6-9-18-15-28(27-26-18)10-12-35-14-13-34-2/h15,19-20,22,29,31H,3-14,16-17H2,1-2H3,(H,25,30)(H,32,33). The molecule has 1 aromatic heterocycles. The molecule has 4 N–H and O–H groups in total. The molecule has 4 atom stereocenters. The molecule has 0 aliphatic carbocycles. The van der Waals surface area contributed by atoms with Crippen molar-refractivity contribution in [3.05, 3.63) is 11.9 Å². The predicted molar refractivity (Wildman–Crippen MR) is 131 cm³/mol. The SMILES string of the molecule is CCCC1C(O)C(NC(=O)CO)COC1(OCCCCCCc1cn(CCOCCOC)nn1)C(=O)O. The second kappa shape index (κ2) is 16.6. The third kappa shape index (κ3) is 9.58. The number of hydrogen-bond donors (Lipinski definition) is 4. The molecule has 1 amide bonds. The summed E-state index contributed by atoms with van der Waals surface area (Å²) in [5, 5.41) is 40.5. The number of carbonyl (C=O) groups is 2. The van der Waals surface area contributed by atoms with Crippen LogP contribution in [0.2, 0.25) is 0 Å². The molecule has 0 spiro atoms. The summed E-state index contributed by atoms with van der Waals surface area (Å²) in [7, 11) is 1.63. The van der Waals surface area contributed by atoms with Crippen molar-refractivity contribution in [1.82, 2.24) is 20.3 Å². The van der Waals surface area contributed by atoms with Crippen molar-refractivity contribution >= 4 is 11.9 Å². The highest BCUT2D eigenvalue weighted by Crippen LogP contribution is 2.37. The zero-order valence-electron chi connectivity index (χ0n) is 21.8. The van der Waals surface area contributed by atoms with E-state index in [1.165, 1.54) is 0 Å². The molecule has 0 aromatic carbocycles. The average molecular weight is 531 g/mol. The number of methoxy groups -OCH3 is 1. The fourth-order valence-electron chi connectivity index (χ4n) is 4.36. The Morgan fingerprint density at radius 1 is 1.22 bits per heavy atom. The van der Waals surface area contributed by atoms with Gasteiger partial charge in [0.1, 0.15) is 6.61 Å². The van der Waals surface area contributed by atoms with Gasteiger partial charge in [0.2, 0.25) is 5.91 Å². The Morgan fingerprint density at radius 3 is 2.70 bits per heavy atom. The first-order valence-electron chi connectivity index (χ1n) is 12.9. The van der Waals surface area contributed by atoms with Crippen LogP contribution in [0.4, 0.5) is 0 Å². The first kappa shape index (κ1) is 31.1. The average Bonchev–Trinajstić information content (AvgIpc) is 3.34. The highest BCUT2D eigenvalue weighted by atomic mass is 16.7. The van der Waals surface area contributed by atoms with Crippen molar-refractivity contribution in [3.63, 3.8) is 0 Å². The van der Waals surface area contributed by atoms with Gasteiger partial charge < -0.3 is 39.6 Å². The number of unbranched alkanes of at least 4 members (excludes halogenated alkanes) is 3. The fraction of sp³-hybridized carbons (Fsp3) is 0.833. The van der Waals surface area contributed by atoms with Gasteiger partial charge in [-0.1, -0.05) is 31.4 Å². The van der Waals surface area contributed by atoms with Gasteiger partial charge in [-0.25, -0.2) is 9.48 Å². The van der Waals surface area contributed by atoms with Crippen LogP contribution in [0.1, 0.15) is 51.1 Å². The quantitative estimate of drug-likeness (QED) is 0.179. The van der Waals surface area contributed by atoms with E-state index in [2.05, 4.69) is 15.6 Å². The van der Waals surface area contributed by atoms with Crippen LogP contribution in [0.3, 0.4) is 0 Å². The molecule has 1 aliphatic heterocycles. The number of carboxylic acids is 1. The normalized spacial score (nSPS) is 23.7. The Kier molecular flexibility index (Phi) is 14.0. The third-order valence-electron chi connectivity index (χ3n) is 6.30. The molecule has 1 aromatic rings. The van der Waals surface area contributed by atoms with E-state index in [4.69, 9.17) is 24.1 Å². The molecule has 13 heteroatoms. The lowest BCUT2D eigenvalue weighted by Crippen LogP contribution is -2.65. The van der Waals surface area contributed by atoms with Crippen LogP contribution in [-0.2, 0) is 41.5 Å². The molecule has 212 valence electrons. The van der Waals surface area contributed by atoms with E-state index in [0.29, 0.717) is 45.6 Å². The number of rotatable bonds is 19. The zero-order valence-corrected chi connectivity index (χ0v) is 21.8. The lowest BCUT2D eigenvalue weighted by molar-refractivity contribution is -0.302. The molecule has 13 nitrogen and oxygen atoms in total. The fourth-order valence-corrected chi connectivity index (χ4v) is 4.36. The number of nitrogens with one attached hydrogen (secondary N) is 1. The Labute approximate surface area is 217 Å². The van der Waals surface area contributed by atoms with Crippen molar-refractivity contribution in [2.24, 2.45) is 5.92 Å². The van der Waals surface area contributed by atoms with Crippen molar-refractivity contribution in [1.29, 1.82) is 0 Å². The van der Waals surface area contributed by atoms with E-state index in [1.54, 1.807) is 11.8 Å². The number of hydrogen-bond acceptors (Lipinski definition) is 10. The maximum absolute atomic E-state index is 12.2. The van der Waals surface area contributed by atoms with Crippen LogP contribution in [0.15, 0.2) is 6.20 Å². The number of aliphatic hydroxyl groups excluding tert-OH is 2. The number of carboxylic acid groups (broad SMARTS) is 1. The lowest BCUT2D eigenvalue weighted by Gasteiger charge is -2.46. The van der Waals surface area contributed by atoms with E-state index in [9.17, 15) is 19.8 Å². The predicted octanol–water partition coefficient (Wildman–Crippen LogP) is 0.126. The molecule has 2 rings (SSSR count). The minimum Gasteiger partial charge on any atom is -0.477 e. The Bertz CT molecular complexity index is 809. The van der Waals surface area contributed by atoms with Gasteiger partial charge in [0, 0.05) is 13.3 Å². The second-order valence-electron chi connectivity index (χ2n) is 9.09. The molecule has 37 heavy (non-hydrogen) atoms. The van der Waals surface area contributed by atoms with Gasteiger partial charge in [-0.3, -0.25) is 4.79 Å². The third-order valence-corrected chi connectivity index (χ3v) is 6.30. The number of nitrogens with zero attached hydrogens (tertiary/aromatic N) is 3. The Hall–Kier alpha value is -2.16. The summed E-state index contributed by atoms with van der Waals surface area (Å²) >= 11 is 0. The summed E-state index contributed by atoms with van der Waals surface area (Å²) in [4.78, 5) is 23.8. The van der Waals surface area contributed by atoms with Gasteiger partial charge in [0.25, 0.3) is 5.79 Å². The molecule has 4 unspecified atom stereocenters. The van der Waals surface area contributed by atoms with Gasteiger partial charge in [-0.05, 0) is 25.7 Å². The van der Waals surface area contributed by atoms with E-state index in [-0.39, 0.29) is 13.2 Å². The topological polar surface area (TPSA) is 174 Å². The van der Waals surface area contributed by atoms with Crippen molar-refractivity contribution in [3.8, 4) is 0 Å². The number of amides is 1. The number of ether oxygens (including phenoxy) is 4. The molecule has 0 radical (unpaired) electrons. The Morgan fingerprint density at radius 2 is 2.00 bits per heavy atom. The van der Waals surface area contributed by atoms with Crippen LogP contribution >= 0.6 is 0 Å². The number of aryl methyl sites for hydroxylation is 1. The molecule has 0 saturated carbocycles. The maximum Gasteiger partial charge on any atom is 0.364 e. The van der Waals surface area contributed by atoms with Crippen LogP contribution < -0.4 is 5.32 Å². The summed E-state index contributed by atoms with van der Waals surface area (Å²) in [6.45, 7) is 3.34. The van der Waals surface area contributed by atoms with Gasteiger partial charge in [0.15, 0.2) is 0 Å². The molecule has 0 bridgehead atoms. The minimum atomic E-state index is -1.98. The van der Waals surface area contributed by atoms with Crippen molar-refractivity contribution in [2.75, 3.05) is 46.8 Å². The summed E-state index contributed by atoms with van der Waals surface area (Å²) < 4.78 is 23.6. The highest BCUT2D eigenvalue weighted by molar-refractivity contribution is 5.78. The van der Waals surface area contributed by atoms with Crippen LogP contribution in [0, 0.1) is 5.92 Å². The van der Waals surface area contributed by atoms with Gasteiger partial charge in [-0.2, -0.15) is 0 Å². The smallest absolute Gasteiger partial charge is 0.364 e. The summed E-state index contributed by atoms with van der Waals surface area (Å²) in [5.41, 5.74) is 0.910. The monoisotopic (exact) mass is 530 g/mol. The number of aliphatic carboxylic acids is 1. The molecule has 1 fully saturated rings. The molecular weight excluding hydrogens is 488 g/mol. The second-order valence-corrected chi connectivity index (χ2v) is 9.09. The first-order valence-corrected chi connectivity index (χ1v) is 12.9. The minimum absolute atomic E-state index is 0.159. The summed E-state index contributed by atoms with van der Waals surface area (Å²) in [6.07, 6.45) is 5.71. The summed E-state index contributed by atoms with van der Waals surface area (Å²) in [5.74, 6) is -4.83. The molecule has 2 heterocycles. The van der Waals surface area contributed by atoms with E-state index in [0.717, 1.165) is 31.4 Å². The van der Waals surface area contributed by atoms with E-state index in [1.807, 2.05) is 13.1 Å². The van der Waals surface area contributed by atoms with Crippen LogP contribution in [0.5, 0.6) is 0 Å². The first-order chi connectivity index (χ1) is 17.9. The highest BCUT2D eigenvalue weighted by Gasteiger charge is 2.56. The Balaban J connectivity index is 1.74. The lowest BCUT2D eigenvalue weighted by atomic mass is 9.82. The van der Waals surface area contributed by atoms with E-state index < -0.39 is 42.3 Å². The number of carbonyl (C=O) groups excluding carboxylic acids is 1. The van der Waals surface area contributed by atoms with E-state index >= 15 is 0 Å². The van der Waals surface area contributed by atoms with Gasteiger partial charge in [0.05, 0.1) is 63.3 Å². The largest absolute Gasteiger partial charge is 0.477 e. The van der Waals surface area contributed by atoms with Gasteiger partial charge >= 0.3 is 5.97 Å². The molecular formula is C24H42N4O9. The number of aliphatic hydroxyl groups is 2. The zero-order chi connectivity index (χ0) is 27.1. The molecule has 1 aliphatic rings. The molecule has 1 saturated heterocycles. The maximum atomic E-state index is 12.2. The summed E-state index contributed by atoms with van der Waals surface area (Å²) in [6, 6.07) is -0.826. The number of aromatic nitrogens is 3. The van der Waals surface area contributed by atoms with Crippen molar-refractivity contribution < 1.29 is 43.9 Å².